The summed E-state index contributed by atoms with van der Waals surface area (Å²) in [5.74, 6) is -1.76. The molecule has 0 saturated carbocycles. The highest BCUT2D eigenvalue weighted by molar-refractivity contribution is 9.10. The topological polar surface area (TPSA) is 46.2 Å². The largest absolute Gasteiger partial charge is 0.276 e. The molecule has 2 aromatic carbocycles. The summed E-state index contributed by atoms with van der Waals surface area (Å²) >= 11 is 2.97. The lowest BCUT2D eigenvalue weighted by Crippen LogP contribution is -2.18. The van der Waals surface area contributed by atoms with Crippen LogP contribution in [0.15, 0.2) is 45.8 Å². The number of anilines is 1. The van der Waals surface area contributed by atoms with Gasteiger partial charge in [-0.1, -0.05) is 24.3 Å². The van der Waals surface area contributed by atoms with E-state index >= 15 is 0 Å². The first-order valence-corrected chi connectivity index (χ1v) is 9.10. The number of nitrogens with one attached hydrogen (secondary N) is 1. The Morgan fingerprint density at radius 1 is 1.09 bits per heavy atom. The summed E-state index contributed by atoms with van der Waals surface area (Å²) < 4.78 is 54.1. The smallest absolute Gasteiger partial charge is 0.258 e. The molecule has 0 amide bonds. The standard InChI is InChI=1S/C16H12BrF2NO2S/c17-14-8-12(18)9-15(19)16(14)20-23(21,22)13-6-5-10-3-1-2-4-11(10)7-13/h1-4,7-9,20H,5-6H2. The number of fused-ring (bicyclic) bond motifs is 1. The van der Waals surface area contributed by atoms with Crippen LogP contribution in [0.4, 0.5) is 14.5 Å². The lowest BCUT2D eigenvalue weighted by molar-refractivity contribution is 0.582. The van der Waals surface area contributed by atoms with E-state index in [1.807, 2.05) is 24.3 Å². The monoisotopic (exact) mass is 399 g/mol. The fraction of sp³-hybridized carbons (Fsp3) is 0.125. The molecule has 1 N–H and O–H groups in total. The molecular formula is C16H12BrF2NO2S. The molecule has 7 heteroatoms. The van der Waals surface area contributed by atoms with Crippen LogP contribution in [0.3, 0.4) is 0 Å². The van der Waals surface area contributed by atoms with Crippen molar-refractivity contribution >= 4 is 37.7 Å². The Morgan fingerprint density at radius 2 is 1.83 bits per heavy atom. The number of allylic oxidation sites excluding steroid dienone is 1. The zero-order valence-electron chi connectivity index (χ0n) is 11.8. The average Bonchev–Trinajstić information content (AvgIpc) is 2.50. The summed E-state index contributed by atoms with van der Waals surface area (Å²) in [7, 11) is -3.92. The quantitative estimate of drug-likeness (QED) is 0.827. The van der Waals surface area contributed by atoms with E-state index in [4.69, 9.17) is 0 Å². The van der Waals surface area contributed by atoms with Gasteiger partial charge in [0.1, 0.15) is 5.82 Å². The highest BCUT2D eigenvalue weighted by Gasteiger charge is 2.24. The molecule has 0 spiro atoms. The van der Waals surface area contributed by atoms with Crippen molar-refractivity contribution in [1.82, 2.24) is 0 Å². The normalized spacial score (nSPS) is 14.1. The molecule has 23 heavy (non-hydrogen) atoms. The van der Waals surface area contributed by atoms with Crippen molar-refractivity contribution in [1.29, 1.82) is 0 Å². The van der Waals surface area contributed by atoms with Crippen LogP contribution in [-0.4, -0.2) is 8.42 Å². The van der Waals surface area contributed by atoms with E-state index in [9.17, 15) is 17.2 Å². The third-order valence-corrected chi connectivity index (χ3v) is 5.71. The molecule has 0 unspecified atom stereocenters. The van der Waals surface area contributed by atoms with Crippen molar-refractivity contribution in [2.24, 2.45) is 0 Å². The Labute approximate surface area is 141 Å². The van der Waals surface area contributed by atoms with Crippen molar-refractivity contribution in [2.75, 3.05) is 4.72 Å². The Balaban J connectivity index is 1.97. The summed E-state index contributed by atoms with van der Waals surface area (Å²) in [6, 6.07) is 9.14. The number of benzene rings is 2. The molecule has 0 saturated heterocycles. The Hall–Kier alpha value is -1.73. The van der Waals surface area contributed by atoms with Crippen molar-refractivity contribution in [3.8, 4) is 0 Å². The van der Waals surface area contributed by atoms with Gasteiger partial charge in [0.05, 0.1) is 10.6 Å². The molecule has 0 aromatic heterocycles. The molecule has 1 aliphatic carbocycles. The summed E-state index contributed by atoms with van der Waals surface area (Å²) in [6.07, 6.45) is 2.50. The minimum absolute atomic E-state index is 0.00962. The number of aryl methyl sites for hydroxylation is 1. The van der Waals surface area contributed by atoms with Gasteiger partial charge in [0.2, 0.25) is 0 Å². The first-order valence-electron chi connectivity index (χ1n) is 6.83. The number of halogens is 3. The summed E-state index contributed by atoms with van der Waals surface area (Å²) in [6.45, 7) is 0. The third-order valence-electron chi connectivity index (χ3n) is 3.60. The van der Waals surface area contributed by atoms with Crippen LogP contribution in [0.1, 0.15) is 17.5 Å². The first kappa shape index (κ1) is 16.1. The molecule has 3 nitrogen and oxygen atoms in total. The second-order valence-electron chi connectivity index (χ2n) is 5.16. The first-order chi connectivity index (χ1) is 10.9. The molecular weight excluding hydrogens is 388 g/mol. The molecule has 0 atom stereocenters. The molecule has 1 aliphatic rings. The van der Waals surface area contributed by atoms with Crippen LogP contribution in [0.2, 0.25) is 0 Å². The van der Waals surface area contributed by atoms with Crippen LogP contribution < -0.4 is 4.72 Å². The summed E-state index contributed by atoms with van der Waals surface area (Å²) in [4.78, 5) is 0.173. The van der Waals surface area contributed by atoms with Crippen LogP contribution in [-0.2, 0) is 16.4 Å². The molecule has 0 aliphatic heterocycles. The van der Waals surface area contributed by atoms with Crippen LogP contribution in [0.25, 0.3) is 6.08 Å². The number of rotatable bonds is 3. The van der Waals surface area contributed by atoms with Crippen LogP contribution >= 0.6 is 15.9 Å². The predicted octanol–water partition coefficient (Wildman–Crippen LogP) is 4.46. The zero-order valence-corrected chi connectivity index (χ0v) is 14.2. The van der Waals surface area contributed by atoms with E-state index in [2.05, 4.69) is 20.7 Å². The van der Waals surface area contributed by atoms with Gasteiger partial charge in [0.25, 0.3) is 10.0 Å². The van der Waals surface area contributed by atoms with Crippen molar-refractivity contribution in [2.45, 2.75) is 12.8 Å². The highest BCUT2D eigenvalue weighted by atomic mass is 79.9. The molecule has 0 bridgehead atoms. The molecule has 0 radical (unpaired) electrons. The second kappa shape index (κ2) is 6.05. The van der Waals surface area contributed by atoms with Crippen molar-refractivity contribution in [3.05, 3.63) is 68.5 Å². The SMILES string of the molecule is O=S(=O)(Nc1c(F)cc(F)cc1Br)C1=Cc2ccccc2CC1. The van der Waals surface area contributed by atoms with Gasteiger partial charge in [0.15, 0.2) is 5.82 Å². The molecule has 120 valence electrons. The molecule has 0 heterocycles. The number of hydrogen-bond donors (Lipinski definition) is 1. The van der Waals surface area contributed by atoms with E-state index < -0.39 is 21.7 Å². The number of sulfonamides is 1. The zero-order chi connectivity index (χ0) is 16.6. The van der Waals surface area contributed by atoms with Gasteiger partial charge in [-0.25, -0.2) is 17.2 Å². The highest BCUT2D eigenvalue weighted by Crippen LogP contribution is 2.32. The van der Waals surface area contributed by atoms with Crippen LogP contribution in [0, 0.1) is 11.6 Å². The average molecular weight is 400 g/mol. The predicted molar refractivity (Wildman–Crippen MR) is 89.3 cm³/mol. The molecule has 2 aromatic rings. The van der Waals surface area contributed by atoms with Gasteiger partial charge >= 0.3 is 0 Å². The van der Waals surface area contributed by atoms with Crippen LogP contribution in [0.5, 0.6) is 0 Å². The maximum Gasteiger partial charge on any atom is 0.258 e. The Kier molecular flexibility index (Phi) is 4.25. The second-order valence-corrected chi connectivity index (χ2v) is 7.75. The van der Waals surface area contributed by atoms with Gasteiger partial charge in [0, 0.05) is 10.5 Å². The van der Waals surface area contributed by atoms with Crippen molar-refractivity contribution < 1.29 is 17.2 Å². The Bertz CT molecular complexity index is 887. The fourth-order valence-corrected chi connectivity index (χ4v) is 4.36. The van der Waals surface area contributed by atoms with E-state index in [-0.39, 0.29) is 15.1 Å². The maximum absolute atomic E-state index is 13.8. The van der Waals surface area contributed by atoms with Gasteiger partial charge in [-0.15, -0.1) is 0 Å². The number of hydrogen-bond acceptors (Lipinski definition) is 2. The fourth-order valence-electron chi connectivity index (χ4n) is 2.46. The summed E-state index contributed by atoms with van der Waals surface area (Å²) in [5.41, 5.74) is 1.60. The maximum atomic E-state index is 13.8. The van der Waals surface area contributed by atoms with Crippen molar-refractivity contribution in [3.63, 3.8) is 0 Å². The minimum atomic E-state index is -3.92. The van der Waals surface area contributed by atoms with E-state index in [1.165, 1.54) is 0 Å². The van der Waals surface area contributed by atoms with Gasteiger partial charge in [-0.05, 0) is 52.0 Å². The lowest BCUT2D eigenvalue weighted by atomic mass is 9.98. The summed E-state index contributed by atoms with van der Waals surface area (Å²) in [5, 5.41) is 0. The van der Waals surface area contributed by atoms with E-state index in [0.717, 1.165) is 17.2 Å². The van der Waals surface area contributed by atoms with Gasteiger partial charge in [-0.2, -0.15) is 0 Å². The van der Waals surface area contributed by atoms with Gasteiger partial charge < -0.3 is 0 Å². The Morgan fingerprint density at radius 3 is 2.57 bits per heavy atom. The molecule has 3 rings (SSSR count). The van der Waals surface area contributed by atoms with Gasteiger partial charge in [-0.3, -0.25) is 4.72 Å². The lowest BCUT2D eigenvalue weighted by Gasteiger charge is -2.18. The minimum Gasteiger partial charge on any atom is -0.276 e. The third kappa shape index (κ3) is 3.30. The van der Waals surface area contributed by atoms with E-state index in [1.54, 1.807) is 6.08 Å². The molecule has 0 fully saturated rings. The van der Waals surface area contributed by atoms with E-state index in [0.29, 0.717) is 18.9 Å².